The van der Waals surface area contributed by atoms with E-state index in [1.54, 1.807) is 29.7 Å². The number of nitrogens with one attached hydrogen (secondary N) is 2. The summed E-state index contributed by atoms with van der Waals surface area (Å²) in [5, 5.41) is 12.2. The SMILES string of the molecule is CN=C(NCc1csc(C(C)C)n1)NCC(C)(C)c1cccs1.I. The zero-order chi connectivity index (χ0) is 16.9. The number of thiophene rings is 1. The summed E-state index contributed by atoms with van der Waals surface area (Å²) < 4.78 is 0. The van der Waals surface area contributed by atoms with E-state index in [2.05, 4.69) is 71.2 Å². The van der Waals surface area contributed by atoms with E-state index in [1.165, 1.54) is 9.88 Å². The summed E-state index contributed by atoms with van der Waals surface area (Å²) in [5.74, 6) is 1.30. The highest BCUT2D eigenvalue weighted by molar-refractivity contribution is 14.0. The quantitative estimate of drug-likeness (QED) is 0.363. The zero-order valence-electron chi connectivity index (χ0n) is 14.9. The van der Waals surface area contributed by atoms with Crippen LogP contribution in [0.15, 0.2) is 27.9 Å². The molecule has 0 spiro atoms. The fourth-order valence-electron chi connectivity index (χ4n) is 2.12. The summed E-state index contributed by atoms with van der Waals surface area (Å²) in [5.41, 5.74) is 1.15. The van der Waals surface area contributed by atoms with Crippen LogP contribution in [0.2, 0.25) is 0 Å². The largest absolute Gasteiger partial charge is 0.356 e. The van der Waals surface area contributed by atoms with Gasteiger partial charge in [-0.05, 0) is 11.4 Å². The van der Waals surface area contributed by atoms with Gasteiger partial charge in [0.15, 0.2) is 5.96 Å². The van der Waals surface area contributed by atoms with E-state index in [-0.39, 0.29) is 29.4 Å². The van der Waals surface area contributed by atoms with Crippen LogP contribution in [0.1, 0.15) is 49.2 Å². The lowest BCUT2D eigenvalue weighted by Crippen LogP contribution is -2.43. The topological polar surface area (TPSA) is 49.3 Å². The molecule has 0 aliphatic heterocycles. The van der Waals surface area contributed by atoms with Gasteiger partial charge in [0.2, 0.25) is 0 Å². The van der Waals surface area contributed by atoms with E-state index in [9.17, 15) is 0 Å². The third-order valence-corrected chi connectivity index (χ3v) is 6.04. The Hall–Kier alpha value is -0.670. The molecule has 0 fully saturated rings. The highest BCUT2D eigenvalue weighted by atomic mass is 127. The number of guanidine groups is 1. The van der Waals surface area contributed by atoms with Crippen molar-refractivity contribution in [1.82, 2.24) is 15.6 Å². The van der Waals surface area contributed by atoms with E-state index in [4.69, 9.17) is 0 Å². The van der Waals surface area contributed by atoms with E-state index < -0.39 is 0 Å². The molecule has 0 aliphatic carbocycles. The summed E-state index contributed by atoms with van der Waals surface area (Å²) in [4.78, 5) is 10.3. The van der Waals surface area contributed by atoms with Crippen molar-refractivity contribution in [3.63, 3.8) is 0 Å². The van der Waals surface area contributed by atoms with Gasteiger partial charge in [0.25, 0.3) is 0 Å². The van der Waals surface area contributed by atoms with Crippen molar-refractivity contribution in [2.24, 2.45) is 4.99 Å². The first-order valence-electron chi connectivity index (χ1n) is 7.85. The molecule has 0 unspecified atom stereocenters. The molecule has 24 heavy (non-hydrogen) atoms. The fourth-order valence-corrected chi connectivity index (χ4v) is 3.81. The Morgan fingerprint density at radius 2 is 2.04 bits per heavy atom. The van der Waals surface area contributed by atoms with Crippen LogP contribution in [-0.4, -0.2) is 24.5 Å². The van der Waals surface area contributed by atoms with Crippen molar-refractivity contribution in [2.75, 3.05) is 13.6 Å². The molecule has 7 heteroatoms. The lowest BCUT2D eigenvalue weighted by molar-refractivity contribution is 0.518. The number of thiazole rings is 1. The first-order valence-corrected chi connectivity index (χ1v) is 9.61. The lowest BCUT2D eigenvalue weighted by Gasteiger charge is -2.25. The van der Waals surface area contributed by atoms with E-state index >= 15 is 0 Å². The second kappa shape index (κ2) is 9.72. The van der Waals surface area contributed by atoms with Crippen molar-refractivity contribution in [3.05, 3.63) is 38.5 Å². The van der Waals surface area contributed by atoms with Crippen LogP contribution < -0.4 is 10.6 Å². The maximum atomic E-state index is 4.64. The first kappa shape index (κ1) is 21.4. The number of halogens is 1. The maximum absolute atomic E-state index is 4.64. The van der Waals surface area contributed by atoms with Gasteiger partial charge in [0, 0.05) is 35.2 Å². The Balaban J connectivity index is 0.00000288. The molecule has 0 saturated carbocycles. The van der Waals surface area contributed by atoms with Crippen LogP contribution in [0.5, 0.6) is 0 Å². The number of aliphatic imine (C=N–C) groups is 1. The van der Waals surface area contributed by atoms with E-state index in [0.717, 1.165) is 18.2 Å². The Morgan fingerprint density at radius 1 is 1.29 bits per heavy atom. The van der Waals surface area contributed by atoms with Crippen molar-refractivity contribution in [2.45, 2.75) is 45.6 Å². The van der Waals surface area contributed by atoms with Crippen molar-refractivity contribution in [1.29, 1.82) is 0 Å². The molecular weight excluding hydrogens is 451 g/mol. The van der Waals surface area contributed by atoms with Gasteiger partial charge >= 0.3 is 0 Å². The van der Waals surface area contributed by atoms with Gasteiger partial charge in [0.05, 0.1) is 17.2 Å². The first-order chi connectivity index (χ1) is 10.9. The van der Waals surface area contributed by atoms with Gasteiger partial charge in [-0.3, -0.25) is 4.99 Å². The van der Waals surface area contributed by atoms with Gasteiger partial charge in [-0.1, -0.05) is 33.8 Å². The van der Waals surface area contributed by atoms with Gasteiger partial charge in [-0.25, -0.2) is 4.98 Å². The van der Waals surface area contributed by atoms with Crippen molar-refractivity contribution < 1.29 is 0 Å². The molecule has 0 amide bonds. The predicted octanol–water partition coefficient (Wildman–Crippen LogP) is 4.59. The number of aromatic nitrogens is 1. The fraction of sp³-hybridized carbons (Fsp3) is 0.529. The smallest absolute Gasteiger partial charge is 0.191 e. The molecule has 0 atom stereocenters. The number of hydrogen-bond acceptors (Lipinski definition) is 4. The maximum Gasteiger partial charge on any atom is 0.191 e. The Labute approximate surface area is 170 Å². The minimum Gasteiger partial charge on any atom is -0.356 e. The van der Waals surface area contributed by atoms with Crippen LogP contribution in [0.3, 0.4) is 0 Å². The molecule has 0 aromatic carbocycles. The Morgan fingerprint density at radius 3 is 2.58 bits per heavy atom. The molecular formula is C17H27IN4S2. The number of nitrogens with zero attached hydrogens (tertiary/aromatic N) is 2. The van der Waals surface area contributed by atoms with Crippen LogP contribution in [0, 0.1) is 0 Å². The molecule has 2 N–H and O–H groups in total. The third kappa shape index (κ3) is 6.00. The summed E-state index contributed by atoms with van der Waals surface area (Å²) in [6.45, 7) is 10.4. The van der Waals surface area contributed by atoms with Crippen LogP contribution in [0.25, 0.3) is 0 Å². The lowest BCUT2D eigenvalue weighted by atomic mass is 9.91. The predicted molar refractivity (Wildman–Crippen MR) is 117 cm³/mol. The second-order valence-corrected chi connectivity index (χ2v) is 8.31. The van der Waals surface area contributed by atoms with E-state index in [1.807, 2.05) is 0 Å². The minimum atomic E-state index is 0. The molecule has 0 aliphatic rings. The highest BCUT2D eigenvalue weighted by Crippen LogP contribution is 2.26. The van der Waals surface area contributed by atoms with Gasteiger partial charge in [-0.15, -0.1) is 46.7 Å². The molecule has 0 saturated heterocycles. The highest BCUT2D eigenvalue weighted by Gasteiger charge is 2.21. The molecule has 2 rings (SSSR count). The van der Waals surface area contributed by atoms with Gasteiger partial charge in [-0.2, -0.15) is 0 Å². The molecule has 0 bridgehead atoms. The van der Waals surface area contributed by atoms with Crippen LogP contribution in [-0.2, 0) is 12.0 Å². The van der Waals surface area contributed by atoms with E-state index in [0.29, 0.717) is 12.5 Å². The van der Waals surface area contributed by atoms with Crippen LogP contribution >= 0.6 is 46.7 Å². The van der Waals surface area contributed by atoms with Crippen molar-refractivity contribution >= 4 is 52.6 Å². The summed E-state index contributed by atoms with van der Waals surface area (Å²) >= 11 is 3.52. The molecule has 4 nitrogen and oxygen atoms in total. The molecule has 2 heterocycles. The molecule has 134 valence electrons. The molecule has 2 aromatic rings. The summed E-state index contributed by atoms with van der Waals surface area (Å²) in [6, 6.07) is 4.29. The second-order valence-electron chi connectivity index (χ2n) is 6.47. The number of hydrogen-bond donors (Lipinski definition) is 2. The minimum absolute atomic E-state index is 0. The average Bonchev–Trinajstić information content (AvgIpc) is 3.19. The average molecular weight is 478 g/mol. The summed E-state index contributed by atoms with van der Waals surface area (Å²) in [6.07, 6.45) is 0. The Kier molecular flexibility index (Phi) is 8.66. The zero-order valence-corrected chi connectivity index (χ0v) is 18.9. The molecule has 0 radical (unpaired) electrons. The monoisotopic (exact) mass is 478 g/mol. The van der Waals surface area contributed by atoms with Crippen LogP contribution in [0.4, 0.5) is 0 Å². The molecule has 2 aromatic heterocycles. The summed E-state index contributed by atoms with van der Waals surface area (Å²) in [7, 11) is 1.80. The third-order valence-electron chi connectivity index (χ3n) is 3.61. The standard InChI is InChI=1S/C17H26N4S2.HI/c1-12(2)15-21-13(10-23-15)9-19-16(18-5)20-11-17(3,4)14-7-6-8-22-14;/h6-8,10,12H,9,11H2,1-5H3,(H2,18,19,20);1H. The Bertz CT molecular complexity index is 633. The van der Waals surface area contributed by atoms with Gasteiger partial charge < -0.3 is 10.6 Å². The normalized spacial score (nSPS) is 12.2. The van der Waals surface area contributed by atoms with Gasteiger partial charge in [0.1, 0.15) is 0 Å². The number of rotatable bonds is 6. The van der Waals surface area contributed by atoms with Crippen molar-refractivity contribution in [3.8, 4) is 0 Å².